The molecule has 0 amide bonds. The number of nitrogens with zero attached hydrogens (tertiary/aromatic N) is 1. The van der Waals surface area contributed by atoms with E-state index in [2.05, 4.69) is 10.4 Å². The first-order valence-electron chi connectivity index (χ1n) is 3.71. The minimum absolute atomic E-state index is 0. The Kier molecular flexibility index (Phi) is 5.23. The average Bonchev–Trinajstić information content (AvgIpc) is 2.17. The third kappa shape index (κ3) is 2.26. The van der Waals surface area contributed by atoms with Crippen molar-refractivity contribution >= 4 is 41.3 Å². The summed E-state index contributed by atoms with van der Waals surface area (Å²) in [4.78, 5) is 4.04. The summed E-state index contributed by atoms with van der Waals surface area (Å²) in [5, 5.41) is 2.18. The smallest absolute Gasteiger partial charge is 0.0748 e. The number of benzene rings is 1. The number of anilines is 1. The second kappa shape index (κ2) is 5.65. The number of nitrogens with one attached hydrogen (secondary N) is 1. The second-order valence-corrected chi connectivity index (χ2v) is 2.55. The highest BCUT2D eigenvalue weighted by Gasteiger charge is 1.96. The van der Waals surface area contributed by atoms with Crippen LogP contribution in [0.5, 0.6) is 0 Å². The second-order valence-electron chi connectivity index (χ2n) is 2.55. The highest BCUT2D eigenvalue weighted by Crippen LogP contribution is 2.19. The van der Waals surface area contributed by atoms with E-state index in [1.54, 1.807) is 6.20 Å². The molecule has 0 saturated carbocycles. The van der Waals surface area contributed by atoms with Gasteiger partial charge in [-0.1, -0.05) is 24.3 Å². The molecule has 0 spiro atoms. The molecule has 1 aromatic heterocycles. The number of nitrogen functional groups attached to an aromatic ring is 1. The van der Waals surface area contributed by atoms with Gasteiger partial charge in [0.05, 0.1) is 11.9 Å². The predicted molar refractivity (Wildman–Crippen MR) is 64.0 cm³/mol. The van der Waals surface area contributed by atoms with Crippen LogP contribution in [0.2, 0.25) is 0 Å². The van der Waals surface area contributed by atoms with Crippen LogP contribution in [0.3, 0.4) is 0 Å². The molecule has 0 atom stereocenters. The number of nitrogens with two attached hydrogens (primary N) is 1. The van der Waals surface area contributed by atoms with Crippen molar-refractivity contribution in [2.75, 3.05) is 5.43 Å². The molecule has 0 aliphatic heterocycles. The van der Waals surface area contributed by atoms with E-state index < -0.39 is 0 Å². The zero-order valence-corrected chi connectivity index (χ0v) is 8.94. The summed E-state index contributed by atoms with van der Waals surface area (Å²) in [7, 11) is 0. The van der Waals surface area contributed by atoms with Crippen molar-refractivity contribution in [3.8, 4) is 0 Å². The van der Waals surface area contributed by atoms with Crippen LogP contribution in [-0.2, 0) is 0 Å². The van der Waals surface area contributed by atoms with Gasteiger partial charge in [0.25, 0.3) is 0 Å². The first kappa shape index (κ1) is 13.0. The molecule has 14 heavy (non-hydrogen) atoms. The van der Waals surface area contributed by atoms with Crippen molar-refractivity contribution in [1.82, 2.24) is 4.98 Å². The fraction of sp³-hybridized carbons (Fsp3) is 0. The van der Waals surface area contributed by atoms with E-state index >= 15 is 0 Å². The molecule has 3 N–H and O–H groups in total. The van der Waals surface area contributed by atoms with E-state index in [1.165, 1.54) is 0 Å². The van der Waals surface area contributed by atoms with Crippen molar-refractivity contribution < 1.29 is 0 Å². The highest BCUT2D eigenvalue weighted by atomic mass is 35.5. The Morgan fingerprint density at radius 3 is 2.50 bits per heavy atom. The molecule has 2 aromatic rings. The summed E-state index contributed by atoms with van der Waals surface area (Å²) in [6, 6.07) is 7.96. The van der Waals surface area contributed by atoms with Crippen LogP contribution in [-0.4, -0.2) is 4.98 Å². The zero-order valence-electron chi connectivity index (χ0n) is 7.31. The van der Waals surface area contributed by atoms with E-state index in [0.717, 1.165) is 16.5 Å². The number of rotatable bonds is 1. The molecule has 76 valence electrons. The van der Waals surface area contributed by atoms with E-state index in [1.807, 2.05) is 30.5 Å². The third-order valence-electron chi connectivity index (χ3n) is 1.82. The molecular formula is C9H11Cl2N3. The van der Waals surface area contributed by atoms with Crippen LogP contribution in [0, 0.1) is 0 Å². The Bertz CT molecular complexity index is 401. The molecule has 0 fully saturated rings. The maximum atomic E-state index is 5.33. The summed E-state index contributed by atoms with van der Waals surface area (Å²) in [6.07, 6.45) is 3.53. The van der Waals surface area contributed by atoms with Gasteiger partial charge in [-0.15, -0.1) is 24.8 Å². The van der Waals surface area contributed by atoms with Crippen molar-refractivity contribution in [2.24, 2.45) is 5.84 Å². The van der Waals surface area contributed by atoms with Gasteiger partial charge in [-0.3, -0.25) is 10.8 Å². The van der Waals surface area contributed by atoms with E-state index in [-0.39, 0.29) is 24.8 Å². The number of aromatic nitrogens is 1. The number of hydrazine groups is 1. The molecule has 3 nitrogen and oxygen atoms in total. The van der Waals surface area contributed by atoms with Crippen LogP contribution in [0.25, 0.3) is 10.8 Å². The van der Waals surface area contributed by atoms with Gasteiger partial charge in [-0.05, 0) is 0 Å². The summed E-state index contributed by atoms with van der Waals surface area (Å²) >= 11 is 0. The lowest BCUT2D eigenvalue weighted by atomic mass is 10.1. The first-order valence-corrected chi connectivity index (χ1v) is 3.71. The molecule has 5 heteroatoms. The molecule has 0 saturated heterocycles. The molecular weight excluding hydrogens is 221 g/mol. The number of fused-ring (bicyclic) bond motifs is 1. The fourth-order valence-corrected chi connectivity index (χ4v) is 1.23. The van der Waals surface area contributed by atoms with E-state index in [9.17, 15) is 0 Å². The van der Waals surface area contributed by atoms with Crippen molar-refractivity contribution in [3.63, 3.8) is 0 Å². The average molecular weight is 232 g/mol. The van der Waals surface area contributed by atoms with Gasteiger partial charge < -0.3 is 5.43 Å². The lowest BCUT2D eigenvalue weighted by Gasteiger charge is -2.02. The van der Waals surface area contributed by atoms with Gasteiger partial charge in [-0.2, -0.15) is 0 Å². The van der Waals surface area contributed by atoms with Crippen LogP contribution < -0.4 is 11.3 Å². The van der Waals surface area contributed by atoms with E-state index in [0.29, 0.717) is 0 Å². The predicted octanol–water partition coefficient (Wildman–Crippen LogP) is 2.36. The Labute approximate surface area is 94.5 Å². The summed E-state index contributed by atoms with van der Waals surface area (Å²) < 4.78 is 0. The molecule has 0 aliphatic carbocycles. The SMILES string of the molecule is Cl.Cl.NNc1cncc2ccccc12. The van der Waals surface area contributed by atoms with Gasteiger partial charge in [0.2, 0.25) is 0 Å². The minimum atomic E-state index is 0. The maximum absolute atomic E-state index is 5.33. The fourth-order valence-electron chi connectivity index (χ4n) is 1.23. The maximum Gasteiger partial charge on any atom is 0.0748 e. The Morgan fingerprint density at radius 2 is 1.79 bits per heavy atom. The largest absolute Gasteiger partial charge is 0.322 e. The Hall–Kier alpha value is -1.03. The molecule has 0 aliphatic rings. The van der Waals surface area contributed by atoms with Gasteiger partial charge in [-0.25, -0.2) is 0 Å². The first-order chi connectivity index (χ1) is 5.92. The van der Waals surface area contributed by atoms with Crippen molar-refractivity contribution in [1.29, 1.82) is 0 Å². The summed E-state index contributed by atoms with van der Waals surface area (Å²) in [5.74, 6) is 5.33. The molecule has 2 rings (SSSR count). The third-order valence-corrected chi connectivity index (χ3v) is 1.82. The number of hydrogen-bond donors (Lipinski definition) is 2. The van der Waals surface area contributed by atoms with Crippen LogP contribution in [0.1, 0.15) is 0 Å². The topological polar surface area (TPSA) is 50.9 Å². The van der Waals surface area contributed by atoms with Gasteiger partial charge >= 0.3 is 0 Å². The van der Waals surface area contributed by atoms with Crippen molar-refractivity contribution in [2.45, 2.75) is 0 Å². The zero-order chi connectivity index (χ0) is 8.39. The van der Waals surface area contributed by atoms with Crippen LogP contribution in [0.15, 0.2) is 36.7 Å². The van der Waals surface area contributed by atoms with Gasteiger partial charge in [0.1, 0.15) is 0 Å². The normalized spacial score (nSPS) is 8.64. The van der Waals surface area contributed by atoms with E-state index in [4.69, 9.17) is 5.84 Å². The van der Waals surface area contributed by atoms with Gasteiger partial charge in [0.15, 0.2) is 0 Å². The Morgan fingerprint density at radius 1 is 1.07 bits per heavy atom. The summed E-state index contributed by atoms with van der Waals surface area (Å²) in [6.45, 7) is 0. The molecule has 1 aromatic carbocycles. The standard InChI is InChI=1S/C9H9N3.2ClH/c10-12-9-6-11-5-7-3-1-2-4-8(7)9;;/h1-6,12H,10H2;2*1H. The summed E-state index contributed by atoms with van der Waals surface area (Å²) in [5.41, 5.74) is 3.46. The van der Waals surface area contributed by atoms with Crippen molar-refractivity contribution in [3.05, 3.63) is 36.7 Å². The Balaban J connectivity index is 0.000000845. The quantitative estimate of drug-likeness (QED) is 0.586. The number of halogens is 2. The number of pyridine rings is 1. The van der Waals surface area contributed by atoms with Crippen LogP contribution >= 0.6 is 24.8 Å². The van der Waals surface area contributed by atoms with Crippen LogP contribution in [0.4, 0.5) is 5.69 Å². The molecule has 0 unspecified atom stereocenters. The monoisotopic (exact) mass is 231 g/mol. The molecule has 0 radical (unpaired) electrons. The minimum Gasteiger partial charge on any atom is -0.322 e. The lowest BCUT2D eigenvalue weighted by molar-refractivity contribution is 1.30. The molecule has 1 heterocycles. The molecule has 0 bridgehead atoms. The lowest BCUT2D eigenvalue weighted by Crippen LogP contribution is -2.07. The van der Waals surface area contributed by atoms with Gasteiger partial charge in [0, 0.05) is 17.0 Å². The highest BCUT2D eigenvalue weighted by molar-refractivity contribution is 5.92. The number of hydrogen-bond acceptors (Lipinski definition) is 3.